The molecule has 0 spiro atoms. The van der Waals surface area contributed by atoms with Crippen molar-refractivity contribution in [1.29, 1.82) is 0 Å². The Labute approximate surface area is 139 Å². The second-order valence-electron chi connectivity index (χ2n) is 6.93. The molecule has 0 saturated heterocycles. The van der Waals surface area contributed by atoms with Crippen LogP contribution < -0.4 is 16.1 Å². The minimum absolute atomic E-state index is 0.0244. The van der Waals surface area contributed by atoms with Gasteiger partial charge in [0.25, 0.3) is 8.32 Å². The molecule has 3 N–H and O–H groups in total. The molecule has 0 radical (unpaired) electrons. The lowest BCUT2D eigenvalue weighted by molar-refractivity contribution is 0.126. The zero-order valence-corrected chi connectivity index (χ0v) is 15.0. The lowest BCUT2D eigenvalue weighted by Crippen LogP contribution is -2.81. The van der Waals surface area contributed by atoms with E-state index in [1.165, 1.54) is 15.9 Å². The molecule has 1 unspecified atom stereocenters. The van der Waals surface area contributed by atoms with E-state index in [0.717, 1.165) is 0 Å². The molecular weight excluding hydrogens is 302 g/mol. The highest BCUT2D eigenvalue weighted by atomic mass is 28.4. The standard InChI is InChI=1S/C19H25NO2Si/c1-14(21)17(20)13-22-23(15-9-5-4-6-10-15)18-12-8-7-11-16(18)19(23,2)3/h4-12,14,17,21H,13,20H2,1-3H3/t14-,17+,23?/m1/s1. The van der Waals surface area contributed by atoms with Gasteiger partial charge < -0.3 is 15.3 Å². The number of aliphatic hydroxyl groups is 1. The maximum atomic E-state index is 9.71. The number of nitrogens with two attached hydrogens (primary N) is 1. The fourth-order valence-corrected chi connectivity index (χ4v) is 8.70. The van der Waals surface area contributed by atoms with Gasteiger partial charge in [-0.15, -0.1) is 0 Å². The average Bonchev–Trinajstić information content (AvgIpc) is 2.56. The van der Waals surface area contributed by atoms with Gasteiger partial charge in [0, 0.05) is 5.04 Å². The first-order valence-corrected chi connectivity index (χ1v) is 10.0. The normalized spacial score (nSPS) is 24.4. The lowest BCUT2D eigenvalue weighted by Gasteiger charge is -2.55. The highest BCUT2D eigenvalue weighted by Gasteiger charge is 2.63. The summed E-state index contributed by atoms with van der Waals surface area (Å²) in [6.07, 6.45) is -0.574. The largest absolute Gasteiger partial charge is 0.405 e. The SMILES string of the molecule is C[C@@H](O)[C@@H](N)CO[Si]1(c2ccccc2)c2ccccc2C1(C)C. The third-order valence-electron chi connectivity index (χ3n) is 5.15. The Morgan fingerprint density at radius 2 is 1.70 bits per heavy atom. The number of rotatable bonds is 5. The molecule has 0 fully saturated rings. The van der Waals surface area contributed by atoms with Gasteiger partial charge in [-0.1, -0.05) is 68.4 Å². The van der Waals surface area contributed by atoms with Gasteiger partial charge >= 0.3 is 0 Å². The highest BCUT2D eigenvalue weighted by molar-refractivity contribution is 7.03. The molecule has 3 rings (SSSR count). The molecule has 2 aromatic rings. The summed E-state index contributed by atoms with van der Waals surface area (Å²) in [4.78, 5) is 0. The molecule has 0 aliphatic carbocycles. The summed E-state index contributed by atoms with van der Waals surface area (Å²) in [5.74, 6) is 0. The second-order valence-corrected chi connectivity index (χ2v) is 11.0. The van der Waals surface area contributed by atoms with Crippen molar-refractivity contribution in [3.8, 4) is 0 Å². The first-order chi connectivity index (χ1) is 10.9. The van der Waals surface area contributed by atoms with Crippen molar-refractivity contribution in [3.63, 3.8) is 0 Å². The number of hydrogen-bond acceptors (Lipinski definition) is 3. The first-order valence-electron chi connectivity index (χ1n) is 8.14. The minimum atomic E-state index is -2.37. The molecule has 0 saturated carbocycles. The molecule has 0 bridgehead atoms. The van der Waals surface area contributed by atoms with E-state index in [0.29, 0.717) is 6.61 Å². The zero-order chi connectivity index (χ0) is 16.7. The van der Waals surface area contributed by atoms with Crippen LogP contribution >= 0.6 is 0 Å². The summed E-state index contributed by atoms with van der Waals surface area (Å²) in [5.41, 5.74) is 7.40. The number of hydrogen-bond donors (Lipinski definition) is 2. The molecule has 122 valence electrons. The molecule has 3 nitrogen and oxygen atoms in total. The summed E-state index contributed by atoms with van der Waals surface area (Å²) >= 11 is 0. The monoisotopic (exact) mass is 327 g/mol. The molecule has 1 aliphatic rings. The molecule has 2 aromatic carbocycles. The van der Waals surface area contributed by atoms with Crippen LogP contribution in [0.1, 0.15) is 26.3 Å². The summed E-state index contributed by atoms with van der Waals surface area (Å²) < 4.78 is 6.57. The highest BCUT2D eigenvalue weighted by Crippen LogP contribution is 2.42. The Morgan fingerprint density at radius 1 is 1.09 bits per heavy atom. The van der Waals surface area contributed by atoms with Crippen LogP contribution in [0, 0.1) is 0 Å². The van der Waals surface area contributed by atoms with E-state index in [9.17, 15) is 5.11 Å². The van der Waals surface area contributed by atoms with E-state index < -0.39 is 14.4 Å². The number of benzene rings is 2. The van der Waals surface area contributed by atoms with E-state index in [1.54, 1.807) is 6.92 Å². The van der Waals surface area contributed by atoms with Crippen LogP contribution in [0.5, 0.6) is 0 Å². The fraction of sp³-hybridized carbons (Fsp3) is 0.368. The Morgan fingerprint density at radius 3 is 2.35 bits per heavy atom. The predicted molar refractivity (Wildman–Crippen MR) is 96.5 cm³/mol. The quantitative estimate of drug-likeness (QED) is 0.814. The molecular formula is C19H25NO2Si. The Balaban J connectivity index is 2.07. The van der Waals surface area contributed by atoms with Crippen molar-refractivity contribution in [1.82, 2.24) is 0 Å². The van der Waals surface area contributed by atoms with Crippen LogP contribution in [0.4, 0.5) is 0 Å². The van der Waals surface area contributed by atoms with Gasteiger partial charge in [-0.3, -0.25) is 0 Å². The molecule has 23 heavy (non-hydrogen) atoms. The van der Waals surface area contributed by atoms with Gasteiger partial charge in [0.1, 0.15) is 0 Å². The zero-order valence-electron chi connectivity index (χ0n) is 14.0. The van der Waals surface area contributed by atoms with Gasteiger partial charge in [-0.25, -0.2) is 0 Å². The first kappa shape index (κ1) is 16.4. The van der Waals surface area contributed by atoms with Crippen molar-refractivity contribution in [2.75, 3.05) is 6.61 Å². The number of fused-ring (bicyclic) bond motifs is 1. The summed E-state index contributed by atoms with van der Waals surface area (Å²) in [6.45, 7) is 6.62. The van der Waals surface area contributed by atoms with Gasteiger partial charge in [-0.05, 0) is 22.9 Å². The Kier molecular flexibility index (Phi) is 4.19. The number of aliphatic hydroxyl groups excluding tert-OH is 1. The molecule has 0 amide bonds. The van der Waals surface area contributed by atoms with Crippen LogP contribution in [0.25, 0.3) is 0 Å². The van der Waals surface area contributed by atoms with Crippen molar-refractivity contribution < 1.29 is 9.53 Å². The van der Waals surface area contributed by atoms with Gasteiger partial charge in [-0.2, -0.15) is 0 Å². The topological polar surface area (TPSA) is 55.5 Å². The van der Waals surface area contributed by atoms with E-state index >= 15 is 0 Å². The van der Waals surface area contributed by atoms with Crippen LogP contribution in [0.2, 0.25) is 0 Å². The van der Waals surface area contributed by atoms with E-state index in [-0.39, 0.29) is 11.1 Å². The lowest BCUT2D eigenvalue weighted by atomic mass is 10.0. The summed E-state index contributed by atoms with van der Waals surface area (Å²) in [7, 11) is -2.37. The van der Waals surface area contributed by atoms with Gasteiger partial charge in [0.2, 0.25) is 0 Å². The van der Waals surface area contributed by atoms with E-state index in [4.69, 9.17) is 10.2 Å². The molecule has 4 heteroatoms. The van der Waals surface area contributed by atoms with Crippen molar-refractivity contribution >= 4 is 18.7 Å². The van der Waals surface area contributed by atoms with E-state index in [2.05, 4.69) is 62.4 Å². The Hall–Kier alpha value is -1.46. The van der Waals surface area contributed by atoms with E-state index in [1.807, 2.05) is 6.07 Å². The third-order valence-corrected chi connectivity index (χ3v) is 10.1. The van der Waals surface area contributed by atoms with Crippen LogP contribution in [0.3, 0.4) is 0 Å². The van der Waals surface area contributed by atoms with Crippen LogP contribution in [0.15, 0.2) is 54.6 Å². The molecule has 1 aliphatic heterocycles. The van der Waals surface area contributed by atoms with Crippen LogP contribution in [-0.2, 0) is 9.46 Å². The molecule has 1 heterocycles. The van der Waals surface area contributed by atoms with Crippen molar-refractivity contribution in [2.24, 2.45) is 5.73 Å². The van der Waals surface area contributed by atoms with Crippen molar-refractivity contribution in [3.05, 3.63) is 60.2 Å². The molecule has 3 atom stereocenters. The minimum Gasteiger partial charge on any atom is -0.405 e. The summed E-state index contributed by atoms with van der Waals surface area (Å²) in [6, 6.07) is 18.7. The molecule has 0 aromatic heterocycles. The maximum Gasteiger partial charge on any atom is 0.266 e. The van der Waals surface area contributed by atoms with Gasteiger partial charge in [0.05, 0.1) is 18.8 Å². The van der Waals surface area contributed by atoms with Crippen LogP contribution in [-0.4, -0.2) is 32.2 Å². The fourth-order valence-electron chi connectivity index (χ4n) is 3.69. The van der Waals surface area contributed by atoms with Gasteiger partial charge in [0.15, 0.2) is 0 Å². The third kappa shape index (κ3) is 2.37. The smallest absolute Gasteiger partial charge is 0.266 e. The average molecular weight is 328 g/mol. The second kappa shape index (κ2) is 5.87. The summed E-state index contributed by atoms with van der Waals surface area (Å²) in [5, 5.41) is 12.3. The van der Waals surface area contributed by atoms with Crippen molar-refractivity contribution in [2.45, 2.75) is 38.0 Å². The predicted octanol–water partition coefficient (Wildman–Crippen LogP) is 1.30. The Bertz CT molecular complexity index is 687. The maximum absolute atomic E-state index is 9.71.